The van der Waals surface area contributed by atoms with Gasteiger partial charge in [-0.3, -0.25) is 24.6 Å². The Morgan fingerprint density at radius 1 is 1.02 bits per heavy atom. The normalized spacial score (nSPS) is 19.4. The molecule has 41 heavy (non-hydrogen) atoms. The largest absolute Gasteiger partial charge is 0.444 e. The molecule has 2 aromatic rings. The Kier molecular flexibility index (Phi) is 8.41. The summed E-state index contributed by atoms with van der Waals surface area (Å²) >= 11 is 0. The van der Waals surface area contributed by atoms with Gasteiger partial charge in [-0.15, -0.1) is 0 Å². The Balaban J connectivity index is 1.28. The Morgan fingerprint density at radius 2 is 1.76 bits per heavy atom. The highest BCUT2D eigenvalue weighted by Gasteiger charge is 2.36. The van der Waals surface area contributed by atoms with E-state index in [0.29, 0.717) is 64.2 Å². The molecule has 2 aromatic carbocycles. The average Bonchev–Trinajstić information content (AvgIpc) is 3.01. The van der Waals surface area contributed by atoms with Crippen molar-refractivity contribution in [1.82, 2.24) is 9.80 Å². The molecule has 3 amide bonds. The lowest BCUT2D eigenvalue weighted by atomic mass is 9.95. The molecular formula is C30H37N5O6. The number of rotatable bonds is 7. The summed E-state index contributed by atoms with van der Waals surface area (Å²) in [7, 11) is 0. The molecule has 3 aliphatic heterocycles. The molecule has 1 atom stereocenters. The fourth-order valence-corrected chi connectivity index (χ4v) is 6.30. The molecule has 0 aromatic heterocycles. The smallest absolute Gasteiger partial charge is 0.414 e. The van der Waals surface area contributed by atoms with Gasteiger partial charge >= 0.3 is 6.09 Å². The lowest BCUT2D eigenvalue weighted by molar-refractivity contribution is -0.384. The number of anilines is 2. The number of fused-ring (bicyclic) bond motifs is 1. The summed E-state index contributed by atoms with van der Waals surface area (Å²) in [5.41, 5.74) is 2.40. The van der Waals surface area contributed by atoms with Gasteiger partial charge in [-0.2, -0.15) is 0 Å². The number of piperidine rings is 2. The van der Waals surface area contributed by atoms with Gasteiger partial charge < -0.3 is 19.4 Å². The van der Waals surface area contributed by atoms with Gasteiger partial charge in [0.1, 0.15) is 12.3 Å². The van der Waals surface area contributed by atoms with Crippen LogP contribution in [0.3, 0.4) is 0 Å². The molecule has 2 saturated heterocycles. The fraction of sp³-hybridized carbons (Fsp3) is 0.500. The van der Waals surface area contributed by atoms with E-state index >= 15 is 0 Å². The maximum Gasteiger partial charge on any atom is 0.414 e. The second-order valence-electron chi connectivity index (χ2n) is 10.8. The fourth-order valence-electron chi connectivity index (χ4n) is 6.30. The van der Waals surface area contributed by atoms with Crippen molar-refractivity contribution in [2.45, 2.75) is 52.2 Å². The van der Waals surface area contributed by atoms with Gasteiger partial charge in [0, 0.05) is 62.5 Å². The van der Waals surface area contributed by atoms with Crippen LogP contribution < -0.4 is 9.80 Å². The van der Waals surface area contributed by atoms with Gasteiger partial charge in [-0.25, -0.2) is 4.79 Å². The van der Waals surface area contributed by atoms with Crippen LogP contribution in [-0.2, 0) is 16.1 Å². The second-order valence-corrected chi connectivity index (χ2v) is 10.8. The van der Waals surface area contributed by atoms with E-state index in [2.05, 4.69) is 0 Å². The number of carbonyl (C=O) groups excluding carboxylic acids is 3. The standard InChI is InChI=1S/C30H37N5O6/c1-3-31(4-2)29(37)22-9-7-15-33(19-22)28(36)21-11-12-26(27(18-21)35(39)40)32-16-13-24(14-17-32)34-25-10-6-5-8-23(25)20-41-30(34)38/h5-6,8,10-12,18,22,24H,3-4,7,9,13-17,19-20H2,1-2H3. The zero-order chi connectivity index (χ0) is 29.1. The molecule has 0 aliphatic carbocycles. The number of hydrogen-bond donors (Lipinski definition) is 0. The minimum absolute atomic E-state index is 0.0542. The highest BCUT2D eigenvalue weighted by Crippen LogP contribution is 2.36. The highest BCUT2D eigenvalue weighted by atomic mass is 16.6. The number of amides is 3. The summed E-state index contributed by atoms with van der Waals surface area (Å²) in [6.45, 7) is 7.27. The molecule has 3 aliphatic rings. The first kappa shape index (κ1) is 28.4. The van der Waals surface area contributed by atoms with E-state index in [4.69, 9.17) is 4.74 Å². The van der Waals surface area contributed by atoms with Crippen molar-refractivity contribution in [2.75, 3.05) is 49.1 Å². The van der Waals surface area contributed by atoms with Crippen LogP contribution in [0, 0.1) is 16.0 Å². The van der Waals surface area contributed by atoms with Gasteiger partial charge in [0.2, 0.25) is 5.91 Å². The van der Waals surface area contributed by atoms with Crippen molar-refractivity contribution >= 4 is 35.0 Å². The van der Waals surface area contributed by atoms with Crippen molar-refractivity contribution in [2.24, 2.45) is 5.92 Å². The van der Waals surface area contributed by atoms with Crippen LogP contribution in [-0.4, -0.2) is 77.9 Å². The quantitative estimate of drug-likeness (QED) is 0.361. The number of likely N-dealkylation sites (tertiary alicyclic amines) is 1. The van der Waals surface area contributed by atoms with Gasteiger partial charge in [0.05, 0.1) is 16.5 Å². The summed E-state index contributed by atoms with van der Waals surface area (Å²) in [5, 5.41) is 12.1. The third-order valence-corrected chi connectivity index (χ3v) is 8.52. The molecule has 218 valence electrons. The van der Waals surface area contributed by atoms with Gasteiger partial charge in [-0.1, -0.05) is 18.2 Å². The van der Waals surface area contributed by atoms with Gasteiger partial charge in [0.15, 0.2) is 0 Å². The maximum absolute atomic E-state index is 13.4. The highest BCUT2D eigenvalue weighted by molar-refractivity contribution is 5.96. The number of nitro groups is 1. The number of nitro benzene ring substituents is 1. The van der Waals surface area contributed by atoms with Crippen LogP contribution in [0.1, 0.15) is 55.5 Å². The van der Waals surface area contributed by atoms with Crippen LogP contribution in [0.4, 0.5) is 21.9 Å². The summed E-state index contributed by atoms with van der Waals surface area (Å²) < 4.78 is 5.39. The minimum Gasteiger partial charge on any atom is -0.444 e. The molecule has 1 unspecified atom stereocenters. The second kappa shape index (κ2) is 12.2. The monoisotopic (exact) mass is 563 g/mol. The van der Waals surface area contributed by atoms with E-state index < -0.39 is 4.92 Å². The Hall–Kier alpha value is -4.15. The molecule has 0 spiro atoms. The summed E-state index contributed by atoms with van der Waals surface area (Å²) in [6.07, 6.45) is 2.32. The maximum atomic E-state index is 13.4. The van der Waals surface area contributed by atoms with Crippen LogP contribution >= 0.6 is 0 Å². The average molecular weight is 564 g/mol. The zero-order valence-corrected chi connectivity index (χ0v) is 23.7. The molecule has 11 heteroatoms. The van der Waals surface area contributed by atoms with Crippen LogP contribution in [0.2, 0.25) is 0 Å². The number of para-hydroxylation sites is 1. The van der Waals surface area contributed by atoms with E-state index in [-0.39, 0.29) is 47.7 Å². The third-order valence-electron chi connectivity index (χ3n) is 8.52. The van der Waals surface area contributed by atoms with E-state index in [9.17, 15) is 24.5 Å². The molecule has 5 rings (SSSR count). The van der Waals surface area contributed by atoms with Gasteiger partial charge in [0.25, 0.3) is 11.6 Å². The molecule has 0 radical (unpaired) electrons. The van der Waals surface area contributed by atoms with Crippen molar-refractivity contribution in [3.05, 3.63) is 63.7 Å². The summed E-state index contributed by atoms with van der Waals surface area (Å²) in [6, 6.07) is 12.3. The van der Waals surface area contributed by atoms with Crippen LogP contribution in [0.15, 0.2) is 42.5 Å². The first-order chi connectivity index (χ1) is 19.8. The Labute approximate surface area is 239 Å². The number of benzene rings is 2. The Morgan fingerprint density at radius 3 is 2.46 bits per heavy atom. The number of cyclic esters (lactones) is 1. The van der Waals surface area contributed by atoms with Gasteiger partial charge in [-0.05, 0) is 57.7 Å². The third kappa shape index (κ3) is 5.71. The molecule has 3 heterocycles. The number of hydrogen-bond acceptors (Lipinski definition) is 7. The first-order valence-electron chi connectivity index (χ1n) is 14.5. The molecule has 11 nitrogen and oxygen atoms in total. The topological polar surface area (TPSA) is 117 Å². The minimum atomic E-state index is -0.445. The molecular weight excluding hydrogens is 526 g/mol. The lowest BCUT2D eigenvalue weighted by Crippen LogP contribution is -2.49. The van der Waals surface area contributed by atoms with Crippen molar-refractivity contribution in [3.63, 3.8) is 0 Å². The van der Waals surface area contributed by atoms with E-state index in [1.165, 1.54) is 6.07 Å². The predicted octanol–water partition coefficient (Wildman–Crippen LogP) is 4.44. The van der Waals surface area contributed by atoms with Crippen LogP contribution in [0.5, 0.6) is 0 Å². The zero-order valence-electron chi connectivity index (χ0n) is 23.7. The number of ether oxygens (including phenoxy) is 1. The van der Waals surface area contributed by atoms with E-state index in [1.54, 1.807) is 26.8 Å². The summed E-state index contributed by atoms with van der Waals surface area (Å²) in [4.78, 5) is 57.7. The Bertz CT molecular complexity index is 1320. The first-order valence-corrected chi connectivity index (χ1v) is 14.5. The molecule has 2 fully saturated rings. The van der Waals surface area contributed by atoms with E-state index in [1.807, 2.05) is 43.0 Å². The van der Waals surface area contributed by atoms with Crippen LogP contribution in [0.25, 0.3) is 0 Å². The summed E-state index contributed by atoms with van der Waals surface area (Å²) in [5.74, 6) is -0.497. The number of carbonyl (C=O) groups is 3. The van der Waals surface area contributed by atoms with Crippen molar-refractivity contribution in [3.8, 4) is 0 Å². The lowest BCUT2D eigenvalue weighted by Gasteiger charge is -2.40. The molecule has 0 N–H and O–H groups in total. The number of nitrogens with zero attached hydrogens (tertiary/aromatic N) is 5. The molecule has 0 saturated carbocycles. The van der Waals surface area contributed by atoms with Crippen molar-refractivity contribution < 1.29 is 24.0 Å². The van der Waals surface area contributed by atoms with E-state index in [0.717, 1.165) is 17.7 Å². The van der Waals surface area contributed by atoms with Crippen molar-refractivity contribution in [1.29, 1.82) is 0 Å². The predicted molar refractivity (Wildman–Crippen MR) is 154 cm³/mol. The molecule has 0 bridgehead atoms. The SMILES string of the molecule is CCN(CC)C(=O)C1CCCN(C(=O)c2ccc(N3CCC(N4C(=O)OCc5ccccc54)CC3)c([N+](=O)[O-])c2)C1.